The van der Waals surface area contributed by atoms with E-state index in [9.17, 15) is 4.79 Å². The molecule has 0 amide bonds. The van der Waals surface area contributed by atoms with Gasteiger partial charge in [0, 0.05) is 12.0 Å². The van der Waals surface area contributed by atoms with Gasteiger partial charge in [0.1, 0.15) is 22.3 Å². The highest BCUT2D eigenvalue weighted by Gasteiger charge is 2.27. The number of carbonyl (C=O) groups excluding carboxylic acids is 1. The van der Waals surface area contributed by atoms with Crippen LogP contribution in [0, 0.1) is 0 Å². The predicted molar refractivity (Wildman–Crippen MR) is 75.0 cm³/mol. The molecular formula is C13H19N3O2S. The summed E-state index contributed by atoms with van der Waals surface area (Å²) in [5.74, 6) is 1.69. The van der Waals surface area contributed by atoms with E-state index in [2.05, 4.69) is 9.97 Å². The van der Waals surface area contributed by atoms with Crippen molar-refractivity contribution in [2.24, 2.45) is 0 Å². The van der Waals surface area contributed by atoms with Crippen molar-refractivity contribution in [2.45, 2.75) is 50.2 Å². The van der Waals surface area contributed by atoms with E-state index in [1.807, 2.05) is 20.8 Å². The first-order valence-electron chi connectivity index (χ1n) is 6.32. The lowest BCUT2D eigenvalue weighted by molar-refractivity contribution is -0.151. The van der Waals surface area contributed by atoms with Gasteiger partial charge in [-0.2, -0.15) is 0 Å². The number of anilines is 1. The Balaban J connectivity index is 1.94. The molecule has 0 saturated heterocycles. The van der Waals surface area contributed by atoms with E-state index in [0.29, 0.717) is 11.7 Å². The van der Waals surface area contributed by atoms with Crippen molar-refractivity contribution in [1.82, 2.24) is 9.97 Å². The predicted octanol–water partition coefficient (Wildman–Crippen LogP) is 2.37. The average molecular weight is 281 g/mol. The van der Waals surface area contributed by atoms with Gasteiger partial charge in [-0.3, -0.25) is 4.79 Å². The molecule has 0 bridgehead atoms. The summed E-state index contributed by atoms with van der Waals surface area (Å²) in [7, 11) is 0. The second-order valence-corrected chi connectivity index (χ2v) is 6.63. The molecule has 0 atom stereocenters. The van der Waals surface area contributed by atoms with Crippen LogP contribution in [-0.4, -0.2) is 27.3 Å². The number of ether oxygens (including phenoxy) is 1. The normalized spacial score (nSPS) is 15.3. The first kappa shape index (κ1) is 14.1. The third kappa shape index (κ3) is 4.70. The van der Waals surface area contributed by atoms with E-state index in [4.69, 9.17) is 10.5 Å². The molecule has 2 N–H and O–H groups in total. The van der Waals surface area contributed by atoms with Gasteiger partial charge in [0.05, 0.1) is 5.75 Å². The molecule has 1 aliphatic carbocycles. The number of rotatable bonds is 4. The van der Waals surface area contributed by atoms with Crippen LogP contribution >= 0.6 is 11.8 Å². The number of aromatic nitrogens is 2. The maximum Gasteiger partial charge on any atom is 0.316 e. The van der Waals surface area contributed by atoms with Crippen molar-refractivity contribution in [3.8, 4) is 0 Å². The maximum absolute atomic E-state index is 11.6. The molecule has 1 fully saturated rings. The third-order valence-corrected chi connectivity index (χ3v) is 3.33. The molecule has 0 unspecified atom stereocenters. The second-order valence-electron chi connectivity index (χ2n) is 5.64. The van der Waals surface area contributed by atoms with Crippen LogP contribution in [0.15, 0.2) is 11.1 Å². The highest BCUT2D eigenvalue weighted by Crippen LogP contribution is 2.38. The van der Waals surface area contributed by atoms with Crippen molar-refractivity contribution >= 4 is 23.5 Å². The first-order chi connectivity index (χ1) is 8.83. The van der Waals surface area contributed by atoms with E-state index in [-0.39, 0.29) is 11.7 Å². The Kier molecular flexibility index (Phi) is 3.99. The minimum atomic E-state index is -0.457. The van der Waals surface area contributed by atoms with Crippen molar-refractivity contribution in [2.75, 3.05) is 11.5 Å². The van der Waals surface area contributed by atoms with Crippen LogP contribution in [0.3, 0.4) is 0 Å². The first-order valence-corrected chi connectivity index (χ1v) is 7.31. The Labute approximate surface area is 117 Å². The summed E-state index contributed by atoms with van der Waals surface area (Å²) in [5.41, 5.74) is 5.30. The Bertz CT molecular complexity index is 481. The number of hydrogen-bond acceptors (Lipinski definition) is 6. The fraction of sp³-hybridized carbons (Fsp3) is 0.615. The minimum Gasteiger partial charge on any atom is -0.459 e. The van der Waals surface area contributed by atoms with E-state index in [1.54, 1.807) is 6.07 Å². The summed E-state index contributed by atoms with van der Waals surface area (Å²) < 4.78 is 5.25. The largest absolute Gasteiger partial charge is 0.459 e. The molecule has 104 valence electrons. The van der Waals surface area contributed by atoms with E-state index in [1.165, 1.54) is 11.8 Å². The lowest BCUT2D eigenvalue weighted by atomic mass is 10.2. The molecule has 1 heterocycles. The van der Waals surface area contributed by atoms with Gasteiger partial charge in [0.15, 0.2) is 0 Å². The topological polar surface area (TPSA) is 78.1 Å². The van der Waals surface area contributed by atoms with Crippen LogP contribution in [0.25, 0.3) is 0 Å². The highest BCUT2D eigenvalue weighted by molar-refractivity contribution is 7.99. The van der Waals surface area contributed by atoms with Gasteiger partial charge in [-0.05, 0) is 33.6 Å². The summed E-state index contributed by atoms with van der Waals surface area (Å²) in [6, 6.07) is 1.70. The SMILES string of the molecule is CC(C)(C)OC(=O)CSc1cc(N)nc(C2CC2)n1. The zero-order valence-corrected chi connectivity index (χ0v) is 12.3. The molecule has 1 aromatic rings. The fourth-order valence-corrected chi connectivity index (χ4v) is 2.25. The Morgan fingerprint density at radius 3 is 2.74 bits per heavy atom. The molecule has 0 radical (unpaired) electrons. The van der Waals surface area contributed by atoms with E-state index >= 15 is 0 Å². The zero-order chi connectivity index (χ0) is 14.0. The van der Waals surface area contributed by atoms with Gasteiger partial charge in [0.2, 0.25) is 0 Å². The molecule has 5 nitrogen and oxygen atoms in total. The summed E-state index contributed by atoms with van der Waals surface area (Å²) in [6.45, 7) is 5.55. The molecule has 0 spiro atoms. The van der Waals surface area contributed by atoms with Gasteiger partial charge in [-0.25, -0.2) is 9.97 Å². The lowest BCUT2D eigenvalue weighted by Crippen LogP contribution is -2.24. The molecule has 1 saturated carbocycles. The fourth-order valence-electron chi connectivity index (χ4n) is 1.56. The summed E-state index contributed by atoms with van der Waals surface area (Å²) >= 11 is 1.34. The Hall–Kier alpha value is -1.30. The number of hydrogen-bond donors (Lipinski definition) is 1. The van der Waals surface area contributed by atoms with Crippen LogP contribution in [-0.2, 0) is 9.53 Å². The molecule has 19 heavy (non-hydrogen) atoms. The number of carbonyl (C=O) groups is 1. The Morgan fingerprint density at radius 1 is 1.47 bits per heavy atom. The van der Waals surface area contributed by atoms with Crippen LogP contribution < -0.4 is 5.73 Å². The lowest BCUT2D eigenvalue weighted by Gasteiger charge is -2.19. The molecule has 2 rings (SSSR count). The number of esters is 1. The van der Waals surface area contributed by atoms with E-state index in [0.717, 1.165) is 23.7 Å². The molecule has 0 aliphatic heterocycles. The smallest absolute Gasteiger partial charge is 0.316 e. The average Bonchev–Trinajstić information content (AvgIpc) is 3.07. The molecule has 6 heteroatoms. The van der Waals surface area contributed by atoms with Crippen LogP contribution in [0.4, 0.5) is 5.82 Å². The monoisotopic (exact) mass is 281 g/mol. The molecule has 1 aromatic heterocycles. The Morgan fingerprint density at radius 2 is 2.16 bits per heavy atom. The second kappa shape index (κ2) is 5.36. The van der Waals surface area contributed by atoms with Crippen LogP contribution in [0.1, 0.15) is 45.4 Å². The molecule has 1 aliphatic rings. The van der Waals surface area contributed by atoms with Crippen LogP contribution in [0.2, 0.25) is 0 Å². The molecule has 0 aromatic carbocycles. The van der Waals surface area contributed by atoms with Crippen LogP contribution in [0.5, 0.6) is 0 Å². The summed E-state index contributed by atoms with van der Waals surface area (Å²) in [4.78, 5) is 20.3. The number of nitrogen functional groups attached to an aromatic ring is 1. The minimum absolute atomic E-state index is 0.234. The van der Waals surface area contributed by atoms with Crippen molar-refractivity contribution in [1.29, 1.82) is 0 Å². The highest BCUT2D eigenvalue weighted by atomic mass is 32.2. The van der Waals surface area contributed by atoms with Crippen molar-refractivity contribution < 1.29 is 9.53 Å². The van der Waals surface area contributed by atoms with Crippen molar-refractivity contribution in [3.63, 3.8) is 0 Å². The van der Waals surface area contributed by atoms with Gasteiger partial charge >= 0.3 is 5.97 Å². The van der Waals surface area contributed by atoms with E-state index < -0.39 is 5.60 Å². The quantitative estimate of drug-likeness (QED) is 0.518. The molecular weight excluding hydrogens is 262 g/mol. The number of thioether (sulfide) groups is 1. The van der Waals surface area contributed by atoms with Gasteiger partial charge < -0.3 is 10.5 Å². The summed E-state index contributed by atoms with van der Waals surface area (Å²) in [6.07, 6.45) is 2.25. The van der Waals surface area contributed by atoms with Gasteiger partial charge in [-0.15, -0.1) is 0 Å². The number of nitrogens with two attached hydrogens (primary N) is 1. The van der Waals surface area contributed by atoms with Gasteiger partial charge in [-0.1, -0.05) is 11.8 Å². The number of nitrogens with zero attached hydrogens (tertiary/aromatic N) is 2. The van der Waals surface area contributed by atoms with Crippen molar-refractivity contribution in [3.05, 3.63) is 11.9 Å². The third-order valence-electron chi connectivity index (χ3n) is 2.44. The standard InChI is InChI=1S/C13H19N3O2S/c1-13(2,3)18-11(17)7-19-10-6-9(14)15-12(16-10)8-4-5-8/h6,8H,4-5,7H2,1-3H3,(H2,14,15,16). The maximum atomic E-state index is 11.6. The summed E-state index contributed by atoms with van der Waals surface area (Å²) in [5, 5.41) is 0.736. The van der Waals surface area contributed by atoms with Gasteiger partial charge in [0.25, 0.3) is 0 Å². The zero-order valence-electron chi connectivity index (χ0n) is 11.5.